The maximum Gasteiger partial charge on any atom is 0.335 e. The maximum atomic E-state index is 12.9. The first-order chi connectivity index (χ1) is 12.9. The summed E-state index contributed by atoms with van der Waals surface area (Å²) in [6.45, 7) is 1.85. The summed E-state index contributed by atoms with van der Waals surface area (Å²) in [5, 5.41) is 2.20. The van der Waals surface area contributed by atoms with Crippen LogP contribution in [0.1, 0.15) is 11.1 Å². The highest BCUT2D eigenvalue weighted by molar-refractivity contribution is 6.39. The van der Waals surface area contributed by atoms with E-state index in [-0.39, 0.29) is 5.57 Å². The molecule has 0 atom stereocenters. The number of carbonyl (C=O) groups is 3. The summed E-state index contributed by atoms with van der Waals surface area (Å²) in [5.41, 5.74) is 1.61. The fourth-order valence-corrected chi connectivity index (χ4v) is 2.75. The summed E-state index contributed by atoms with van der Waals surface area (Å²) in [7, 11) is 3.00. The number of hydrogen-bond acceptors (Lipinski definition) is 5. The number of nitrogens with zero attached hydrogens (tertiary/aromatic N) is 1. The molecular formula is C20H18N2O5. The number of methoxy groups -OCH3 is 2. The molecule has 1 saturated heterocycles. The molecule has 7 heteroatoms. The number of benzene rings is 2. The topological polar surface area (TPSA) is 84.9 Å². The van der Waals surface area contributed by atoms with E-state index >= 15 is 0 Å². The Morgan fingerprint density at radius 1 is 1.00 bits per heavy atom. The number of rotatable bonds is 4. The van der Waals surface area contributed by atoms with E-state index < -0.39 is 17.8 Å². The van der Waals surface area contributed by atoms with Crippen LogP contribution in [-0.2, 0) is 9.59 Å². The number of ether oxygens (including phenoxy) is 2. The lowest BCUT2D eigenvalue weighted by molar-refractivity contribution is -0.122. The molecule has 1 N–H and O–H groups in total. The van der Waals surface area contributed by atoms with Crippen molar-refractivity contribution in [2.24, 2.45) is 0 Å². The highest BCUT2D eigenvalue weighted by atomic mass is 16.5. The second kappa shape index (κ2) is 7.33. The predicted molar refractivity (Wildman–Crippen MR) is 99.7 cm³/mol. The van der Waals surface area contributed by atoms with Gasteiger partial charge in [-0.25, -0.2) is 9.69 Å². The molecule has 0 unspecified atom stereocenters. The molecule has 4 amide bonds. The fourth-order valence-electron chi connectivity index (χ4n) is 2.75. The minimum atomic E-state index is -0.783. The molecule has 1 aliphatic heterocycles. The Morgan fingerprint density at radius 2 is 1.78 bits per heavy atom. The summed E-state index contributed by atoms with van der Waals surface area (Å²) in [4.78, 5) is 38.3. The van der Waals surface area contributed by atoms with Crippen molar-refractivity contribution >= 4 is 29.6 Å². The van der Waals surface area contributed by atoms with Crippen LogP contribution in [-0.4, -0.2) is 32.1 Å². The molecule has 2 aromatic carbocycles. The standard InChI is InChI=1S/C20H18N2O5/c1-12-5-4-6-14(9-12)22-19(24)16(18(23)21-20(22)25)10-13-7-8-15(26-2)11-17(13)27-3/h4-11H,1-3H3,(H,21,23,25)/b16-10+. The molecule has 1 aliphatic rings. The predicted octanol–water partition coefficient (Wildman–Crippen LogP) is 2.68. The van der Waals surface area contributed by atoms with Gasteiger partial charge in [-0.3, -0.25) is 14.9 Å². The number of carbonyl (C=O) groups excluding carboxylic acids is 3. The molecule has 0 saturated carbocycles. The van der Waals surface area contributed by atoms with Crippen LogP contribution in [0, 0.1) is 6.92 Å². The molecule has 1 heterocycles. The largest absolute Gasteiger partial charge is 0.497 e. The van der Waals surface area contributed by atoms with Gasteiger partial charge in [-0.15, -0.1) is 0 Å². The second-order valence-corrected chi connectivity index (χ2v) is 5.90. The van der Waals surface area contributed by atoms with Crippen LogP contribution >= 0.6 is 0 Å². The van der Waals surface area contributed by atoms with Crippen LogP contribution in [0.15, 0.2) is 48.0 Å². The first-order valence-electron chi connectivity index (χ1n) is 8.14. The van der Waals surface area contributed by atoms with Gasteiger partial charge in [0.15, 0.2) is 0 Å². The van der Waals surface area contributed by atoms with Gasteiger partial charge in [0.2, 0.25) is 0 Å². The Morgan fingerprint density at radius 3 is 2.44 bits per heavy atom. The Bertz CT molecular complexity index is 965. The number of imide groups is 2. The zero-order valence-corrected chi connectivity index (χ0v) is 15.1. The first kappa shape index (κ1) is 18.2. The monoisotopic (exact) mass is 366 g/mol. The molecule has 0 bridgehead atoms. The van der Waals surface area contributed by atoms with E-state index in [9.17, 15) is 14.4 Å². The molecule has 2 aromatic rings. The zero-order valence-electron chi connectivity index (χ0n) is 15.1. The lowest BCUT2D eigenvalue weighted by atomic mass is 10.1. The van der Waals surface area contributed by atoms with Crippen molar-refractivity contribution in [1.82, 2.24) is 5.32 Å². The quantitative estimate of drug-likeness (QED) is 0.664. The van der Waals surface area contributed by atoms with Gasteiger partial charge >= 0.3 is 6.03 Å². The maximum absolute atomic E-state index is 12.9. The van der Waals surface area contributed by atoms with E-state index in [2.05, 4.69) is 5.32 Å². The van der Waals surface area contributed by atoms with Gasteiger partial charge in [0.05, 0.1) is 19.9 Å². The van der Waals surface area contributed by atoms with E-state index in [1.807, 2.05) is 13.0 Å². The average molecular weight is 366 g/mol. The van der Waals surface area contributed by atoms with Gasteiger partial charge in [0.25, 0.3) is 11.8 Å². The molecule has 0 spiro atoms. The van der Waals surface area contributed by atoms with Crippen molar-refractivity contribution in [3.63, 3.8) is 0 Å². The van der Waals surface area contributed by atoms with Gasteiger partial charge in [-0.1, -0.05) is 12.1 Å². The Kier molecular flexibility index (Phi) is 4.94. The van der Waals surface area contributed by atoms with Crippen molar-refractivity contribution in [2.75, 3.05) is 19.1 Å². The normalized spacial score (nSPS) is 15.7. The van der Waals surface area contributed by atoms with Gasteiger partial charge < -0.3 is 9.47 Å². The fraction of sp³-hybridized carbons (Fsp3) is 0.150. The summed E-state index contributed by atoms with van der Waals surface area (Å²) in [6, 6.07) is 11.1. The van der Waals surface area contributed by atoms with Gasteiger partial charge in [0, 0.05) is 11.6 Å². The first-order valence-corrected chi connectivity index (χ1v) is 8.14. The minimum Gasteiger partial charge on any atom is -0.497 e. The Hall–Kier alpha value is -3.61. The number of aryl methyl sites for hydroxylation is 1. The molecular weight excluding hydrogens is 348 g/mol. The van der Waals surface area contributed by atoms with E-state index in [4.69, 9.17) is 9.47 Å². The van der Waals surface area contributed by atoms with Crippen LogP contribution in [0.4, 0.5) is 10.5 Å². The molecule has 0 aromatic heterocycles. The molecule has 138 valence electrons. The number of barbiturate groups is 1. The van der Waals surface area contributed by atoms with Crippen LogP contribution in [0.5, 0.6) is 11.5 Å². The highest BCUT2D eigenvalue weighted by Crippen LogP contribution is 2.28. The van der Waals surface area contributed by atoms with Crippen LogP contribution in [0.3, 0.4) is 0 Å². The Balaban J connectivity index is 2.04. The summed E-state index contributed by atoms with van der Waals surface area (Å²) in [5.74, 6) is -0.453. The van der Waals surface area contributed by atoms with Gasteiger partial charge in [0.1, 0.15) is 17.1 Å². The number of anilines is 1. The van der Waals surface area contributed by atoms with E-state index in [0.717, 1.165) is 10.5 Å². The van der Waals surface area contributed by atoms with E-state index in [1.54, 1.807) is 36.4 Å². The lowest BCUT2D eigenvalue weighted by Crippen LogP contribution is -2.54. The summed E-state index contributed by atoms with van der Waals surface area (Å²) < 4.78 is 10.4. The third kappa shape index (κ3) is 3.52. The van der Waals surface area contributed by atoms with Crippen LogP contribution in [0.2, 0.25) is 0 Å². The van der Waals surface area contributed by atoms with Gasteiger partial charge in [-0.05, 0) is 42.8 Å². The van der Waals surface area contributed by atoms with Crippen molar-refractivity contribution in [2.45, 2.75) is 6.92 Å². The van der Waals surface area contributed by atoms with Crippen molar-refractivity contribution in [3.8, 4) is 11.5 Å². The number of urea groups is 1. The molecule has 7 nitrogen and oxygen atoms in total. The zero-order chi connectivity index (χ0) is 19.6. The third-order valence-corrected chi connectivity index (χ3v) is 4.10. The van der Waals surface area contributed by atoms with Crippen LogP contribution < -0.4 is 19.7 Å². The second-order valence-electron chi connectivity index (χ2n) is 5.90. The smallest absolute Gasteiger partial charge is 0.335 e. The molecule has 0 radical (unpaired) electrons. The van der Waals surface area contributed by atoms with E-state index in [1.165, 1.54) is 20.3 Å². The summed E-state index contributed by atoms with van der Waals surface area (Å²) >= 11 is 0. The minimum absolute atomic E-state index is 0.167. The SMILES string of the molecule is COc1ccc(/C=C2\C(=O)NC(=O)N(c3cccc(C)c3)C2=O)c(OC)c1. The lowest BCUT2D eigenvalue weighted by Gasteiger charge is -2.26. The Labute approximate surface area is 156 Å². The van der Waals surface area contributed by atoms with Gasteiger partial charge in [-0.2, -0.15) is 0 Å². The molecule has 27 heavy (non-hydrogen) atoms. The number of nitrogens with one attached hydrogen (secondary N) is 1. The third-order valence-electron chi connectivity index (χ3n) is 4.10. The van der Waals surface area contributed by atoms with Crippen molar-refractivity contribution in [1.29, 1.82) is 0 Å². The average Bonchev–Trinajstić information content (AvgIpc) is 2.65. The molecule has 0 aliphatic carbocycles. The number of hydrogen-bond donors (Lipinski definition) is 1. The molecule has 3 rings (SSSR count). The van der Waals surface area contributed by atoms with Crippen molar-refractivity contribution in [3.05, 3.63) is 59.2 Å². The van der Waals surface area contributed by atoms with E-state index in [0.29, 0.717) is 22.7 Å². The number of amides is 4. The highest BCUT2D eigenvalue weighted by Gasteiger charge is 2.37. The molecule has 1 fully saturated rings. The van der Waals surface area contributed by atoms with Crippen LogP contribution in [0.25, 0.3) is 6.08 Å². The van der Waals surface area contributed by atoms with Crippen molar-refractivity contribution < 1.29 is 23.9 Å². The summed E-state index contributed by atoms with van der Waals surface area (Å²) in [6.07, 6.45) is 1.39.